The van der Waals surface area contributed by atoms with Crippen LogP contribution in [0.3, 0.4) is 0 Å². The minimum atomic E-state index is -0.0916. The summed E-state index contributed by atoms with van der Waals surface area (Å²) in [5, 5.41) is 0. The molecule has 3 rings (SSSR count). The third-order valence-electron chi connectivity index (χ3n) is 3.63. The highest BCUT2D eigenvalue weighted by Crippen LogP contribution is 2.32. The molecule has 7 heteroatoms. The van der Waals surface area contributed by atoms with Crippen molar-refractivity contribution in [3.8, 4) is 0 Å². The zero-order chi connectivity index (χ0) is 14.1. The molecule has 0 bridgehead atoms. The zero-order valence-electron chi connectivity index (χ0n) is 11.5. The molecule has 1 fully saturated rings. The molecular formula is C13H17N5O2. The van der Waals surface area contributed by atoms with Gasteiger partial charge < -0.3 is 19.6 Å². The average molecular weight is 275 g/mol. The molecule has 0 radical (unpaired) electrons. The molecular weight excluding hydrogens is 258 g/mol. The molecule has 20 heavy (non-hydrogen) atoms. The smallest absolute Gasteiger partial charge is 0.272 e. The van der Waals surface area contributed by atoms with Gasteiger partial charge in [0.1, 0.15) is 17.3 Å². The predicted octanol–water partition coefficient (Wildman–Crippen LogP) is 1.04. The molecule has 0 spiro atoms. The summed E-state index contributed by atoms with van der Waals surface area (Å²) in [5.41, 5.74) is 0.496. The van der Waals surface area contributed by atoms with Gasteiger partial charge in [-0.2, -0.15) is 0 Å². The van der Waals surface area contributed by atoms with E-state index in [1.54, 1.807) is 30.6 Å². The Morgan fingerprint density at radius 3 is 2.95 bits per heavy atom. The third kappa shape index (κ3) is 2.20. The monoisotopic (exact) mass is 275 g/mol. The van der Waals surface area contributed by atoms with E-state index >= 15 is 0 Å². The van der Waals surface area contributed by atoms with Crippen molar-refractivity contribution >= 4 is 5.91 Å². The summed E-state index contributed by atoms with van der Waals surface area (Å²) in [6, 6.07) is -0.0916. The minimum absolute atomic E-state index is 0.0260. The second-order valence-corrected chi connectivity index (χ2v) is 4.92. The summed E-state index contributed by atoms with van der Waals surface area (Å²) < 4.78 is 5.40. The Morgan fingerprint density at radius 2 is 2.35 bits per heavy atom. The lowest BCUT2D eigenvalue weighted by molar-refractivity contribution is 0.0679. The fraction of sp³-hybridized carbons (Fsp3) is 0.462. The van der Waals surface area contributed by atoms with E-state index in [0.29, 0.717) is 12.2 Å². The SMILES string of the molecule is CO[C@@H]1CC(c2ncc[nH]2)N(C(=O)c2cnc(C)[nH]2)C1. The molecule has 1 unspecified atom stereocenters. The van der Waals surface area contributed by atoms with Crippen LogP contribution < -0.4 is 0 Å². The van der Waals surface area contributed by atoms with Gasteiger partial charge in [0.2, 0.25) is 0 Å². The molecule has 0 aliphatic carbocycles. The number of nitrogens with one attached hydrogen (secondary N) is 2. The van der Waals surface area contributed by atoms with Crippen LogP contribution in [0.2, 0.25) is 0 Å². The van der Waals surface area contributed by atoms with Crippen LogP contribution in [0, 0.1) is 6.92 Å². The van der Waals surface area contributed by atoms with Crippen LogP contribution in [0.1, 0.15) is 34.6 Å². The van der Waals surface area contributed by atoms with E-state index < -0.39 is 0 Å². The normalized spacial score (nSPS) is 22.4. The first-order chi connectivity index (χ1) is 9.69. The summed E-state index contributed by atoms with van der Waals surface area (Å²) in [6.07, 6.45) is 5.79. The topological polar surface area (TPSA) is 86.9 Å². The Morgan fingerprint density at radius 1 is 1.50 bits per heavy atom. The van der Waals surface area contributed by atoms with Crippen molar-refractivity contribution in [2.45, 2.75) is 25.5 Å². The molecule has 0 aromatic carbocycles. The Bertz CT molecular complexity index is 592. The van der Waals surface area contributed by atoms with Gasteiger partial charge in [0.15, 0.2) is 0 Å². The van der Waals surface area contributed by atoms with Crippen LogP contribution in [-0.2, 0) is 4.74 Å². The second kappa shape index (κ2) is 5.09. The quantitative estimate of drug-likeness (QED) is 0.876. The summed E-state index contributed by atoms with van der Waals surface area (Å²) in [5.74, 6) is 1.44. The fourth-order valence-electron chi connectivity index (χ4n) is 2.60. The maximum Gasteiger partial charge on any atom is 0.272 e. The number of amides is 1. The van der Waals surface area contributed by atoms with E-state index in [4.69, 9.17) is 4.74 Å². The fourth-order valence-corrected chi connectivity index (χ4v) is 2.60. The minimum Gasteiger partial charge on any atom is -0.380 e. The number of hydrogen-bond acceptors (Lipinski definition) is 4. The molecule has 2 aromatic heterocycles. The molecule has 1 aliphatic heterocycles. The number of methoxy groups -OCH3 is 1. The number of aryl methyl sites for hydroxylation is 1. The van der Waals surface area contributed by atoms with Crippen molar-refractivity contribution in [1.29, 1.82) is 0 Å². The van der Waals surface area contributed by atoms with E-state index in [0.717, 1.165) is 18.1 Å². The van der Waals surface area contributed by atoms with Crippen molar-refractivity contribution in [3.05, 3.63) is 35.9 Å². The van der Waals surface area contributed by atoms with Gasteiger partial charge in [-0.25, -0.2) is 9.97 Å². The van der Waals surface area contributed by atoms with Gasteiger partial charge in [-0.05, 0) is 6.92 Å². The standard InChI is InChI=1S/C13H17N5O2/c1-8-16-6-10(17-8)13(19)18-7-9(20-2)5-11(18)12-14-3-4-15-12/h3-4,6,9,11H,5,7H2,1-2H3,(H,14,15)(H,16,17)/t9-,11?/m1/s1. The Kier molecular flexibility index (Phi) is 3.27. The number of ether oxygens (including phenoxy) is 1. The van der Waals surface area contributed by atoms with Gasteiger partial charge >= 0.3 is 0 Å². The highest BCUT2D eigenvalue weighted by Gasteiger charge is 2.38. The number of likely N-dealkylation sites (tertiary alicyclic amines) is 1. The molecule has 0 saturated carbocycles. The van der Waals surface area contributed by atoms with Gasteiger partial charge in [-0.15, -0.1) is 0 Å². The van der Waals surface area contributed by atoms with Crippen molar-refractivity contribution in [1.82, 2.24) is 24.8 Å². The maximum atomic E-state index is 12.6. The first-order valence-corrected chi connectivity index (χ1v) is 6.53. The Balaban J connectivity index is 1.87. The first kappa shape index (κ1) is 12.9. The van der Waals surface area contributed by atoms with Gasteiger partial charge in [0, 0.05) is 32.5 Å². The number of aromatic nitrogens is 4. The number of carbonyl (C=O) groups excluding carboxylic acids is 1. The van der Waals surface area contributed by atoms with Gasteiger partial charge in [0.25, 0.3) is 5.91 Å². The van der Waals surface area contributed by atoms with Crippen LogP contribution in [-0.4, -0.2) is 50.5 Å². The number of imidazole rings is 2. The second-order valence-electron chi connectivity index (χ2n) is 4.92. The Labute approximate surface area is 116 Å². The molecule has 2 atom stereocenters. The van der Waals surface area contributed by atoms with Crippen molar-refractivity contribution in [3.63, 3.8) is 0 Å². The number of hydrogen-bond donors (Lipinski definition) is 2. The van der Waals surface area contributed by atoms with E-state index in [1.807, 2.05) is 6.92 Å². The lowest BCUT2D eigenvalue weighted by Crippen LogP contribution is -2.32. The number of aromatic amines is 2. The number of carbonyl (C=O) groups is 1. The number of H-pyrrole nitrogens is 2. The summed E-state index contributed by atoms with van der Waals surface area (Å²) in [6.45, 7) is 2.38. The van der Waals surface area contributed by atoms with Crippen molar-refractivity contribution in [2.24, 2.45) is 0 Å². The van der Waals surface area contributed by atoms with Crippen LogP contribution >= 0.6 is 0 Å². The van der Waals surface area contributed by atoms with E-state index in [1.165, 1.54) is 0 Å². The van der Waals surface area contributed by atoms with E-state index in [9.17, 15) is 4.79 Å². The molecule has 3 heterocycles. The molecule has 106 valence electrons. The highest BCUT2D eigenvalue weighted by molar-refractivity contribution is 5.92. The number of rotatable bonds is 3. The average Bonchev–Trinajstić information content (AvgIpc) is 3.17. The van der Waals surface area contributed by atoms with Gasteiger partial charge in [0.05, 0.1) is 18.3 Å². The van der Waals surface area contributed by atoms with Crippen LogP contribution in [0.5, 0.6) is 0 Å². The Hall–Kier alpha value is -2.15. The molecule has 1 saturated heterocycles. The maximum absolute atomic E-state index is 12.6. The first-order valence-electron chi connectivity index (χ1n) is 6.53. The summed E-state index contributed by atoms with van der Waals surface area (Å²) in [4.78, 5) is 28.8. The van der Waals surface area contributed by atoms with Crippen LogP contribution in [0.4, 0.5) is 0 Å². The van der Waals surface area contributed by atoms with Crippen molar-refractivity contribution in [2.75, 3.05) is 13.7 Å². The highest BCUT2D eigenvalue weighted by atomic mass is 16.5. The third-order valence-corrected chi connectivity index (χ3v) is 3.63. The van der Waals surface area contributed by atoms with Crippen LogP contribution in [0.15, 0.2) is 18.6 Å². The largest absolute Gasteiger partial charge is 0.380 e. The molecule has 1 amide bonds. The molecule has 7 nitrogen and oxygen atoms in total. The van der Waals surface area contributed by atoms with Gasteiger partial charge in [-0.3, -0.25) is 4.79 Å². The number of nitrogens with zero attached hydrogens (tertiary/aromatic N) is 3. The van der Waals surface area contributed by atoms with Gasteiger partial charge in [-0.1, -0.05) is 0 Å². The van der Waals surface area contributed by atoms with Crippen molar-refractivity contribution < 1.29 is 9.53 Å². The van der Waals surface area contributed by atoms with E-state index in [2.05, 4.69) is 19.9 Å². The molecule has 1 aliphatic rings. The molecule has 2 N–H and O–H groups in total. The summed E-state index contributed by atoms with van der Waals surface area (Å²) in [7, 11) is 1.66. The molecule has 2 aromatic rings. The summed E-state index contributed by atoms with van der Waals surface area (Å²) >= 11 is 0. The lowest BCUT2D eigenvalue weighted by atomic mass is 10.2. The van der Waals surface area contributed by atoms with Crippen LogP contribution in [0.25, 0.3) is 0 Å². The zero-order valence-corrected chi connectivity index (χ0v) is 11.5. The van der Waals surface area contributed by atoms with E-state index in [-0.39, 0.29) is 18.1 Å². The predicted molar refractivity (Wildman–Crippen MR) is 71.1 cm³/mol. The lowest BCUT2D eigenvalue weighted by Gasteiger charge is -2.22.